The molecule has 1 aliphatic rings. The lowest BCUT2D eigenvalue weighted by Gasteiger charge is -2.26. The van der Waals surface area contributed by atoms with E-state index in [2.05, 4.69) is 9.71 Å². The summed E-state index contributed by atoms with van der Waals surface area (Å²) in [5.41, 5.74) is 0. The molecule has 1 atom stereocenters. The van der Waals surface area contributed by atoms with Crippen LogP contribution in [-0.4, -0.2) is 32.5 Å². The zero-order valence-electron chi connectivity index (χ0n) is 13.4. The van der Waals surface area contributed by atoms with Gasteiger partial charge in [0.2, 0.25) is 5.91 Å². The van der Waals surface area contributed by atoms with Crippen LogP contribution >= 0.6 is 0 Å². The third-order valence-electron chi connectivity index (χ3n) is 4.55. The van der Waals surface area contributed by atoms with Gasteiger partial charge in [0.15, 0.2) is 0 Å². The number of fused-ring (bicyclic) bond motifs is 1. The number of rotatable bonds is 4. The number of nitrogens with one attached hydrogen (secondary N) is 1. The highest BCUT2D eigenvalue weighted by atomic mass is 32.2. The quantitative estimate of drug-likeness (QED) is 0.914. The lowest BCUT2D eigenvalue weighted by atomic mass is 9.87. The van der Waals surface area contributed by atoms with E-state index in [0.29, 0.717) is 24.0 Å². The summed E-state index contributed by atoms with van der Waals surface area (Å²) in [6, 6.07) is 6.56. The van der Waals surface area contributed by atoms with Crippen LogP contribution in [0.2, 0.25) is 0 Å². The van der Waals surface area contributed by atoms with Crippen LogP contribution in [0, 0.1) is 11.8 Å². The van der Waals surface area contributed by atoms with Crippen LogP contribution < -0.4 is 4.72 Å². The number of hydrogen-bond acceptors (Lipinski definition) is 5. The molecule has 1 saturated heterocycles. The minimum Gasteiger partial charge on any atom is -0.381 e. The van der Waals surface area contributed by atoms with Gasteiger partial charge >= 0.3 is 0 Å². The van der Waals surface area contributed by atoms with E-state index in [1.54, 1.807) is 31.3 Å². The molecule has 0 spiro atoms. The van der Waals surface area contributed by atoms with Gasteiger partial charge in [-0.25, -0.2) is 13.1 Å². The number of amides is 1. The van der Waals surface area contributed by atoms with Gasteiger partial charge in [-0.3, -0.25) is 9.78 Å². The monoisotopic (exact) mass is 348 g/mol. The number of pyridine rings is 1. The predicted molar refractivity (Wildman–Crippen MR) is 89.8 cm³/mol. The Kier molecular flexibility index (Phi) is 4.82. The first-order chi connectivity index (χ1) is 11.5. The maximum Gasteiger partial charge on any atom is 0.264 e. The largest absolute Gasteiger partial charge is 0.381 e. The van der Waals surface area contributed by atoms with E-state index >= 15 is 0 Å². The molecule has 24 heavy (non-hydrogen) atoms. The van der Waals surface area contributed by atoms with E-state index in [1.165, 1.54) is 12.3 Å². The molecule has 0 bridgehead atoms. The lowest BCUT2D eigenvalue weighted by molar-refractivity contribution is -0.125. The van der Waals surface area contributed by atoms with Gasteiger partial charge < -0.3 is 4.74 Å². The Balaban J connectivity index is 1.83. The number of ether oxygens (including phenoxy) is 1. The molecule has 0 unspecified atom stereocenters. The van der Waals surface area contributed by atoms with Crippen LogP contribution in [0.4, 0.5) is 0 Å². The molecule has 1 fully saturated rings. The van der Waals surface area contributed by atoms with Crippen molar-refractivity contribution < 1.29 is 17.9 Å². The maximum absolute atomic E-state index is 12.7. The SMILES string of the molecule is C[C@@H](C(=O)NS(=O)(=O)c1cccc2cnccc12)C1CCOCC1. The minimum atomic E-state index is -3.93. The van der Waals surface area contributed by atoms with Crippen molar-refractivity contribution in [1.29, 1.82) is 0 Å². The molecule has 6 nitrogen and oxygen atoms in total. The normalized spacial score (nSPS) is 17.5. The Bertz CT molecular complexity index is 839. The van der Waals surface area contributed by atoms with Crippen molar-refractivity contribution in [2.75, 3.05) is 13.2 Å². The van der Waals surface area contributed by atoms with Crippen LogP contribution in [0.25, 0.3) is 10.8 Å². The van der Waals surface area contributed by atoms with E-state index in [0.717, 1.165) is 12.8 Å². The first kappa shape index (κ1) is 16.9. The van der Waals surface area contributed by atoms with Crippen LogP contribution in [0.3, 0.4) is 0 Å². The van der Waals surface area contributed by atoms with E-state index in [1.807, 2.05) is 0 Å². The number of aromatic nitrogens is 1. The zero-order chi connectivity index (χ0) is 17.2. The first-order valence-corrected chi connectivity index (χ1v) is 9.44. The van der Waals surface area contributed by atoms with E-state index in [-0.39, 0.29) is 16.7 Å². The van der Waals surface area contributed by atoms with Gasteiger partial charge in [0.1, 0.15) is 0 Å². The third kappa shape index (κ3) is 3.42. The minimum absolute atomic E-state index is 0.0925. The second-order valence-corrected chi connectivity index (χ2v) is 7.71. The molecule has 0 radical (unpaired) electrons. The molecule has 3 rings (SSSR count). The van der Waals surface area contributed by atoms with E-state index < -0.39 is 15.9 Å². The summed E-state index contributed by atoms with van der Waals surface area (Å²) in [7, 11) is -3.93. The summed E-state index contributed by atoms with van der Waals surface area (Å²) in [6.45, 7) is 3.00. The molecule has 128 valence electrons. The number of carbonyl (C=O) groups is 1. The van der Waals surface area contributed by atoms with Crippen molar-refractivity contribution in [3.8, 4) is 0 Å². The zero-order valence-corrected chi connectivity index (χ0v) is 14.3. The summed E-state index contributed by atoms with van der Waals surface area (Å²) in [6.07, 6.45) is 4.68. The Morgan fingerprint density at radius 1 is 1.29 bits per heavy atom. The topological polar surface area (TPSA) is 85.4 Å². The van der Waals surface area contributed by atoms with Gasteiger partial charge in [0.25, 0.3) is 10.0 Å². The Labute approximate surface area is 141 Å². The summed E-state index contributed by atoms with van der Waals surface area (Å²) < 4.78 is 32.9. The number of carbonyl (C=O) groups excluding carboxylic acids is 1. The van der Waals surface area contributed by atoms with Crippen molar-refractivity contribution in [3.05, 3.63) is 36.7 Å². The van der Waals surface area contributed by atoms with Gasteiger partial charge in [-0.15, -0.1) is 0 Å². The molecule has 1 aromatic carbocycles. The van der Waals surface area contributed by atoms with Crippen LogP contribution in [-0.2, 0) is 19.6 Å². The Morgan fingerprint density at radius 2 is 2.04 bits per heavy atom. The molecule has 1 N–H and O–H groups in total. The molecule has 7 heteroatoms. The maximum atomic E-state index is 12.7. The number of sulfonamides is 1. The van der Waals surface area contributed by atoms with Gasteiger partial charge in [0, 0.05) is 42.3 Å². The number of nitrogens with zero attached hydrogens (tertiary/aromatic N) is 1. The summed E-state index contributed by atoms with van der Waals surface area (Å²) >= 11 is 0. The number of benzene rings is 1. The summed E-state index contributed by atoms with van der Waals surface area (Å²) in [5, 5.41) is 1.26. The molecule has 0 saturated carbocycles. The highest BCUT2D eigenvalue weighted by Crippen LogP contribution is 2.25. The van der Waals surface area contributed by atoms with Gasteiger partial charge in [-0.2, -0.15) is 0 Å². The summed E-state index contributed by atoms with van der Waals surface area (Å²) in [5.74, 6) is -0.695. The van der Waals surface area contributed by atoms with Crippen molar-refractivity contribution in [2.24, 2.45) is 11.8 Å². The Morgan fingerprint density at radius 3 is 2.79 bits per heavy atom. The fraction of sp³-hybridized carbons (Fsp3) is 0.412. The fourth-order valence-electron chi connectivity index (χ4n) is 3.04. The molecular weight excluding hydrogens is 328 g/mol. The molecule has 2 heterocycles. The molecule has 1 aromatic heterocycles. The smallest absolute Gasteiger partial charge is 0.264 e. The average Bonchev–Trinajstić information content (AvgIpc) is 2.61. The standard InChI is InChI=1S/C17H20N2O4S/c1-12(13-6-9-23-10-7-13)17(20)19-24(21,22)16-4-2-3-14-11-18-8-5-15(14)16/h2-5,8,11-13H,6-7,9-10H2,1H3,(H,19,20)/t12-/m1/s1. The predicted octanol–water partition coefficient (Wildman–Crippen LogP) is 2.10. The van der Waals surface area contributed by atoms with Crippen LogP contribution in [0.1, 0.15) is 19.8 Å². The highest BCUT2D eigenvalue weighted by Gasteiger charge is 2.29. The molecule has 1 aliphatic heterocycles. The highest BCUT2D eigenvalue weighted by molar-refractivity contribution is 7.90. The van der Waals surface area contributed by atoms with Crippen molar-refractivity contribution >= 4 is 26.7 Å². The third-order valence-corrected chi connectivity index (χ3v) is 5.96. The van der Waals surface area contributed by atoms with Crippen LogP contribution in [0.15, 0.2) is 41.6 Å². The van der Waals surface area contributed by atoms with E-state index in [9.17, 15) is 13.2 Å². The van der Waals surface area contributed by atoms with Crippen LogP contribution in [0.5, 0.6) is 0 Å². The van der Waals surface area contributed by atoms with E-state index in [4.69, 9.17) is 4.74 Å². The van der Waals surface area contributed by atoms with Gasteiger partial charge in [-0.1, -0.05) is 19.1 Å². The Hall–Kier alpha value is -1.99. The fourth-order valence-corrected chi connectivity index (χ4v) is 4.33. The summed E-state index contributed by atoms with van der Waals surface area (Å²) in [4.78, 5) is 16.5. The number of hydrogen-bond donors (Lipinski definition) is 1. The molecule has 2 aromatic rings. The second-order valence-electron chi connectivity index (χ2n) is 6.06. The van der Waals surface area contributed by atoms with Crippen molar-refractivity contribution in [3.63, 3.8) is 0 Å². The molecular formula is C17H20N2O4S. The average molecular weight is 348 g/mol. The second kappa shape index (κ2) is 6.86. The van der Waals surface area contributed by atoms with Gasteiger partial charge in [-0.05, 0) is 30.9 Å². The van der Waals surface area contributed by atoms with Gasteiger partial charge in [0.05, 0.1) is 4.90 Å². The molecule has 0 aliphatic carbocycles. The first-order valence-electron chi connectivity index (χ1n) is 7.96. The van der Waals surface area contributed by atoms with Crippen molar-refractivity contribution in [2.45, 2.75) is 24.7 Å². The molecule has 1 amide bonds. The van der Waals surface area contributed by atoms with Crippen molar-refractivity contribution in [1.82, 2.24) is 9.71 Å². The lowest BCUT2D eigenvalue weighted by Crippen LogP contribution is -2.39.